The molecular weight excluding hydrogens is 444 g/mol. The van der Waals surface area contributed by atoms with E-state index in [1.165, 1.54) is 29.5 Å². The third kappa shape index (κ3) is 4.26. The van der Waals surface area contributed by atoms with Crippen molar-refractivity contribution in [2.45, 2.75) is 51.0 Å². The van der Waals surface area contributed by atoms with E-state index in [1.54, 1.807) is 0 Å². The lowest BCUT2D eigenvalue weighted by molar-refractivity contribution is -0.133. The second-order valence-electron chi connectivity index (χ2n) is 10.5. The van der Waals surface area contributed by atoms with Gasteiger partial charge < -0.3 is 9.42 Å². The zero-order valence-corrected chi connectivity index (χ0v) is 21.1. The molecule has 1 heterocycles. The van der Waals surface area contributed by atoms with E-state index in [2.05, 4.69) is 72.7 Å². The van der Waals surface area contributed by atoms with Gasteiger partial charge in [0.05, 0.1) is 11.7 Å². The molecule has 1 amide bonds. The second kappa shape index (κ2) is 9.09. The first kappa shape index (κ1) is 22.8. The Morgan fingerprint density at radius 2 is 1.53 bits per heavy atom. The Morgan fingerprint density at radius 1 is 0.917 bits per heavy atom. The number of nitrogens with zero attached hydrogens (tertiary/aromatic N) is 2. The lowest BCUT2D eigenvalue weighted by Crippen LogP contribution is -2.31. The Labute approximate surface area is 212 Å². The summed E-state index contributed by atoms with van der Waals surface area (Å²) in [7, 11) is 1.91. The molecule has 0 saturated heterocycles. The van der Waals surface area contributed by atoms with Crippen LogP contribution in [0.15, 0.2) is 83.4 Å². The summed E-state index contributed by atoms with van der Waals surface area (Å²) in [4.78, 5) is 15.2. The van der Waals surface area contributed by atoms with Crippen LogP contribution >= 0.6 is 0 Å². The molecule has 182 valence electrons. The quantitative estimate of drug-likeness (QED) is 0.277. The molecule has 4 nitrogen and oxygen atoms in total. The number of carbonyl (C=O) groups is 1. The van der Waals surface area contributed by atoms with Crippen LogP contribution in [-0.4, -0.2) is 23.0 Å². The SMILES string of the molecule is Cc1noc(-c2ccc(-c3ccc(C4CC4)cc3)cc2)c1C1CC1C(=O)N(C)[C@H](C)c1ccccc1. The molecule has 4 heteroatoms. The number of aryl methyl sites for hydroxylation is 1. The summed E-state index contributed by atoms with van der Waals surface area (Å²) in [5, 5.41) is 4.29. The van der Waals surface area contributed by atoms with Gasteiger partial charge in [0, 0.05) is 30.0 Å². The van der Waals surface area contributed by atoms with E-state index in [4.69, 9.17) is 4.52 Å². The molecule has 1 aromatic heterocycles. The van der Waals surface area contributed by atoms with Crippen LogP contribution in [0.4, 0.5) is 0 Å². The molecular formula is C32H32N2O2. The minimum absolute atomic E-state index is 0.0257. The Kier molecular flexibility index (Phi) is 5.75. The van der Waals surface area contributed by atoms with Crippen molar-refractivity contribution in [2.24, 2.45) is 5.92 Å². The number of hydrogen-bond donors (Lipinski definition) is 0. The molecule has 2 aliphatic rings. The largest absolute Gasteiger partial charge is 0.356 e. The van der Waals surface area contributed by atoms with Gasteiger partial charge in [-0.1, -0.05) is 84.0 Å². The summed E-state index contributed by atoms with van der Waals surface area (Å²) in [6.07, 6.45) is 3.48. The fourth-order valence-electron chi connectivity index (χ4n) is 5.39. The average Bonchev–Trinajstić information content (AvgIpc) is 3.86. The molecule has 0 aliphatic heterocycles. The van der Waals surface area contributed by atoms with Crippen molar-refractivity contribution < 1.29 is 9.32 Å². The molecule has 0 N–H and O–H groups in total. The maximum absolute atomic E-state index is 13.3. The summed E-state index contributed by atoms with van der Waals surface area (Å²) >= 11 is 0. The lowest BCUT2D eigenvalue weighted by Gasteiger charge is -2.25. The Bertz CT molecular complexity index is 1370. The van der Waals surface area contributed by atoms with E-state index >= 15 is 0 Å². The highest BCUT2D eigenvalue weighted by atomic mass is 16.5. The van der Waals surface area contributed by atoms with Gasteiger partial charge in [-0.3, -0.25) is 4.79 Å². The number of carbonyl (C=O) groups excluding carboxylic acids is 1. The number of amides is 1. The third-order valence-corrected chi connectivity index (χ3v) is 8.04. The summed E-state index contributed by atoms with van der Waals surface area (Å²) in [5.74, 6) is 1.88. The van der Waals surface area contributed by atoms with Crippen LogP contribution in [0.25, 0.3) is 22.5 Å². The Hall–Kier alpha value is -3.66. The molecule has 0 radical (unpaired) electrons. The molecule has 36 heavy (non-hydrogen) atoms. The van der Waals surface area contributed by atoms with Gasteiger partial charge in [0.15, 0.2) is 5.76 Å². The molecule has 0 bridgehead atoms. The van der Waals surface area contributed by atoms with Crippen molar-refractivity contribution in [3.8, 4) is 22.5 Å². The van der Waals surface area contributed by atoms with Gasteiger partial charge >= 0.3 is 0 Å². The van der Waals surface area contributed by atoms with Gasteiger partial charge in [-0.25, -0.2) is 0 Å². The van der Waals surface area contributed by atoms with E-state index < -0.39 is 0 Å². The van der Waals surface area contributed by atoms with Crippen LogP contribution in [0, 0.1) is 12.8 Å². The lowest BCUT2D eigenvalue weighted by atomic mass is 9.98. The van der Waals surface area contributed by atoms with E-state index in [1.807, 2.05) is 37.1 Å². The van der Waals surface area contributed by atoms with Crippen molar-refractivity contribution >= 4 is 5.91 Å². The van der Waals surface area contributed by atoms with Crippen LogP contribution in [0.1, 0.15) is 66.4 Å². The first-order chi connectivity index (χ1) is 17.5. The highest BCUT2D eigenvalue weighted by molar-refractivity contribution is 5.84. The predicted octanol–water partition coefficient (Wildman–Crippen LogP) is 7.52. The number of rotatable bonds is 7. The Morgan fingerprint density at radius 3 is 2.17 bits per heavy atom. The molecule has 2 aliphatic carbocycles. The topological polar surface area (TPSA) is 46.3 Å². The maximum atomic E-state index is 13.3. The highest BCUT2D eigenvalue weighted by Crippen LogP contribution is 2.53. The van der Waals surface area contributed by atoms with Gasteiger partial charge in [-0.2, -0.15) is 0 Å². The summed E-state index contributed by atoms with van der Waals surface area (Å²) in [6.45, 7) is 4.07. The van der Waals surface area contributed by atoms with Gasteiger partial charge in [0.2, 0.25) is 5.91 Å². The standard InChI is InChI=1S/C32H32N2O2/c1-20-30(28-19-29(28)32(35)34(3)21(2)22-7-5-4-6-8-22)31(36-33-20)27-17-15-26(16-18-27)25-13-11-24(12-14-25)23-9-10-23/h4-8,11-18,21,23,28-29H,9-10,19H2,1-3H3/t21-,28?,29?/m1/s1. The molecule has 3 aromatic carbocycles. The van der Waals surface area contributed by atoms with E-state index in [-0.39, 0.29) is 23.8 Å². The normalized spacial score (nSPS) is 19.6. The minimum Gasteiger partial charge on any atom is -0.356 e. The molecule has 2 fully saturated rings. The first-order valence-electron chi connectivity index (χ1n) is 13.0. The fraction of sp³-hybridized carbons (Fsp3) is 0.312. The van der Waals surface area contributed by atoms with E-state index in [9.17, 15) is 4.79 Å². The Balaban J connectivity index is 1.19. The smallest absolute Gasteiger partial charge is 0.226 e. The van der Waals surface area contributed by atoms with Crippen LogP contribution in [0.3, 0.4) is 0 Å². The van der Waals surface area contributed by atoms with Gasteiger partial charge in [0.1, 0.15) is 0 Å². The van der Waals surface area contributed by atoms with Gasteiger partial charge in [0.25, 0.3) is 0 Å². The average molecular weight is 477 g/mol. The van der Waals surface area contributed by atoms with Gasteiger partial charge in [-0.05, 0) is 61.3 Å². The number of benzene rings is 3. The first-order valence-corrected chi connectivity index (χ1v) is 13.0. The van der Waals surface area contributed by atoms with Crippen LogP contribution < -0.4 is 0 Å². The molecule has 4 aromatic rings. The number of hydrogen-bond acceptors (Lipinski definition) is 3. The third-order valence-electron chi connectivity index (χ3n) is 8.04. The zero-order valence-electron chi connectivity index (χ0n) is 21.1. The highest BCUT2D eigenvalue weighted by Gasteiger charge is 2.48. The maximum Gasteiger partial charge on any atom is 0.226 e. The minimum atomic E-state index is -0.0257. The molecule has 3 atom stereocenters. The second-order valence-corrected chi connectivity index (χ2v) is 10.5. The van der Waals surface area contributed by atoms with Crippen molar-refractivity contribution in [3.63, 3.8) is 0 Å². The predicted molar refractivity (Wildman–Crippen MR) is 143 cm³/mol. The van der Waals surface area contributed by atoms with Gasteiger partial charge in [-0.15, -0.1) is 0 Å². The van der Waals surface area contributed by atoms with E-state index in [0.717, 1.165) is 40.5 Å². The van der Waals surface area contributed by atoms with Crippen molar-refractivity contribution in [3.05, 3.63) is 101 Å². The zero-order chi connectivity index (χ0) is 24.8. The summed E-state index contributed by atoms with van der Waals surface area (Å²) < 4.78 is 5.81. The summed E-state index contributed by atoms with van der Waals surface area (Å²) in [6, 6.07) is 27.7. The molecule has 0 spiro atoms. The van der Waals surface area contributed by atoms with E-state index in [0.29, 0.717) is 0 Å². The van der Waals surface area contributed by atoms with Crippen LogP contribution in [-0.2, 0) is 4.79 Å². The number of aromatic nitrogens is 1. The van der Waals surface area contributed by atoms with Crippen molar-refractivity contribution in [1.82, 2.24) is 10.1 Å². The van der Waals surface area contributed by atoms with Crippen LogP contribution in [0.5, 0.6) is 0 Å². The monoisotopic (exact) mass is 476 g/mol. The van der Waals surface area contributed by atoms with Crippen molar-refractivity contribution in [2.75, 3.05) is 7.05 Å². The molecule has 6 rings (SSSR count). The van der Waals surface area contributed by atoms with Crippen LogP contribution in [0.2, 0.25) is 0 Å². The fourth-order valence-corrected chi connectivity index (χ4v) is 5.39. The molecule has 2 unspecified atom stereocenters. The summed E-state index contributed by atoms with van der Waals surface area (Å²) in [5.41, 5.74) is 7.98. The van der Waals surface area contributed by atoms with Crippen molar-refractivity contribution in [1.29, 1.82) is 0 Å². The molecule has 2 saturated carbocycles.